The van der Waals surface area contributed by atoms with Crippen molar-refractivity contribution >= 4 is 29.0 Å². The lowest BCUT2D eigenvalue weighted by Gasteiger charge is -2.64. The highest BCUT2D eigenvalue weighted by Crippen LogP contribution is 2.71. The second kappa shape index (κ2) is 5.99. The largest absolute Gasteiger partial charge is 0.388 e. The number of rotatable bonds is 2. The van der Waals surface area contributed by atoms with Gasteiger partial charge < -0.3 is 10.2 Å². The number of Topliss-reactive ketones (excluding diaryl/α,β-unsaturated/α-hetero) is 2. The van der Waals surface area contributed by atoms with Gasteiger partial charge in [-0.25, -0.2) is 0 Å². The van der Waals surface area contributed by atoms with Crippen molar-refractivity contribution in [3.63, 3.8) is 0 Å². The van der Waals surface area contributed by atoms with Gasteiger partial charge in [-0.1, -0.05) is 26.3 Å². The fourth-order valence-corrected chi connectivity index (χ4v) is 7.97. The summed E-state index contributed by atoms with van der Waals surface area (Å²) in [6.45, 7) is 5.14. The first-order valence-corrected chi connectivity index (χ1v) is 10.7. The normalized spacial score (nSPS) is 50.5. The predicted molar refractivity (Wildman–Crippen MR) is 104 cm³/mol. The highest BCUT2D eigenvalue weighted by Gasteiger charge is 2.71. The molecule has 0 aliphatic heterocycles. The van der Waals surface area contributed by atoms with Gasteiger partial charge in [-0.2, -0.15) is 0 Å². The van der Waals surface area contributed by atoms with Gasteiger partial charge in [-0.05, 0) is 56.4 Å². The minimum atomic E-state index is -1.52. The van der Waals surface area contributed by atoms with Gasteiger partial charge in [0.15, 0.2) is 5.78 Å². The number of fused-ring (bicyclic) bond motifs is 5. The summed E-state index contributed by atoms with van der Waals surface area (Å²) >= 11 is 7.41. The molecule has 154 valence electrons. The van der Waals surface area contributed by atoms with Crippen molar-refractivity contribution in [1.82, 2.24) is 0 Å². The zero-order valence-corrected chi connectivity index (χ0v) is 17.5. The van der Waals surface area contributed by atoms with Crippen molar-refractivity contribution < 1.29 is 24.6 Å². The van der Waals surface area contributed by atoms with Crippen LogP contribution in [0.1, 0.15) is 59.3 Å². The van der Waals surface area contributed by atoms with E-state index in [1.54, 1.807) is 0 Å². The SMILES string of the molecule is CC1C(=O)C(=O)C=C2CC[C@H]3[C@@H]4CC[C@](O)(C(=O)CO)[C@@]4(C)CC[C@]3(Cl)[C@]21C. The maximum atomic E-state index is 12.6. The Balaban J connectivity index is 1.79. The molecule has 3 saturated carbocycles. The minimum absolute atomic E-state index is 0.0394. The Morgan fingerprint density at radius 1 is 1.18 bits per heavy atom. The minimum Gasteiger partial charge on any atom is -0.388 e. The molecular weight excluding hydrogens is 380 g/mol. The second-order valence-electron chi connectivity index (χ2n) is 9.83. The van der Waals surface area contributed by atoms with Gasteiger partial charge in [0.2, 0.25) is 11.6 Å². The Bertz CT molecular complexity index is 805. The molecule has 5 nitrogen and oxygen atoms in total. The van der Waals surface area contributed by atoms with Crippen LogP contribution in [0.25, 0.3) is 0 Å². The molecule has 0 radical (unpaired) electrons. The van der Waals surface area contributed by atoms with Crippen LogP contribution in [-0.2, 0) is 14.4 Å². The molecule has 2 N–H and O–H groups in total. The molecule has 6 heteroatoms. The Labute approximate surface area is 170 Å². The summed E-state index contributed by atoms with van der Waals surface area (Å²) in [5.41, 5.74) is -1.79. The van der Waals surface area contributed by atoms with Gasteiger partial charge in [-0.15, -0.1) is 11.6 Å². The lowest BCUT2D eigenvalue weighted by atomic mass is 9.44. The Kier molecular flexibility index (Phi) is 4.33. The monoisotopic (exact) mass is 408 g/mol. The van der Waals surface area contributed by atoms with Crippen LogP contribution >= 0.6 is 11.6 Å². The lowest BCUT2D eigenvalue weighted by Crippen LogP contribution is -2.65. The summed E-state index contributed by atoms with van der Waals surface area (Å²) in [5, 5.41) is 20.7. The van der Waals surface area contributed by atoms with Gasteiger partial charge in [-0.3, -0.25) is 14.4 Å². The average molecular weight is 409 g/mol. The van der Waals surface area contributed by atoms with Crippen LogP contribution in [0.2, 0.25) is 0 Å². The molecule has 4 aliphatic rings. The molecule has 0 spiro atoms. The van der Waals surface area contributed by atoms with Crippen LogP contribution in [0.3, 0.4) is 0 Å². The molecule has 0 aromatic carbocycles. The fraction of sp³-hybridized carbons (Fsp3) is 0.773. The van der Waals surface area contributed by atoms with Crippen molar-refractivity contribution in [2.24, 2.45) is 28.6 Å². The fourth-order valence-electron chi connectivity index (χ4n) is 7.32. The van der Waals surface area contributed by atoms with Crippen molar-refractivity contribution in [3.05, 3.63) is 11.6 Å². The molecule has 0 saturated heterocycles. The van der Waals surface area contributed by atoms with Crippen LogP contribution in [0, 0.1) is 28.6 Å². The Morgan fingerprint density at radius 2 is 1.86 bits per heavy atom. The summed E-state index contributed by atoms with van der Waals surface area (Å²) in [6, 6.07) is 0. The molecule has 4 rings (SSSR count). The van der Waals surface area contributed by atoms with Crippen molar-refractivity contribution in [2.75, 3.05) is 6.61 Å². The molecular formula is C22H29ClO5. The van der Waals surface area contributed by atoms with Crippen LogP contribution in [0.5, 0.6) is 0 Å². The van der Waals surface area contributed by atoms with E-state index >= 15 is 0 Å². The molecule has 0 amide bonds. The van der Waals surface area contributed by atoms with Gasteiger partial charge in [0.1, 0.15) is 12.2 Å². The van der Waals surface area contributed by atoms with Crippen LogP contribution in [0.15, 0.2) is 11.6 Å². The van der Waals surface area contributed by atoms with Crippen LogP contribution in [0.4, 0.5) is 0 Å². The van der Waals surface area contributed by atoms with Crippen molar-refractivity contribution in [3.8, 4) is 0 Å². The predicted octanol–water partition coefficient (Wildman–Crippen LogP) is 2.60. The number of carbonyl (C=O) groups is 3. The molecule has 28 heavy (non-hydrogen) atoms. The van der Waals surface area contributed by atoms with E-state index in [0.717, 1.165) is 12.0 Å². The van der Waals surface area contributed by atoms with E-state index in [1.807, 2.05) is 20.8 Å². The van der Waals surface area contributed by atoms with Crippen LogP contribution in [-0.4, -0.2) is 44.6 Å². The molecule has 1 unspecified atom stereocenters. The molecule has 0 heterocycles. The standard InChI is InChI=1S/C22H29ClO5/c1-12-18(27)16(25)10-13-4-5-15-14-6-7-22(28,17(26)11-24)19(14,2)8-9-21(15,23)20(12,13)3/h10,12,14-15,24,28H,4-9,11H2,1-3H3/t12?,14-,15-,19-,20-,21+,22-/m0/s1. The van der Waals surface area contributed by atoms with E-state index in [1.165, 1.54) is 6.08 Å². The number of hydrogen-bond acceptors (Lipinski definition) is 5. The highest BCUT2D eigenvalue weighted by molar-refractivity contribution is 6.43. The van der Waals surface area contributed by atoms with E-state index in [9.17, 15) is 24.6 Å². The third kappa shape index (κ3) is 2.08. The number of aliphatic hydroxyl groups is 2. The number of aliphatic hydroxyl groups excluding tert-OH is 1. The Hall–Kier alpha value is -1.04. The number of halogens is 1. The quantitative estimate of drug-likeness (QED) is 0.541. The molecule has 0 aromatic rings. The van der Waals surface area contributed by atoms with E-state index in [2.05, 4.69) is 0 Å². The first kappa shape index (κ1) is 20.2. The Morgan fingerprint density at radius 3 is 2.50 bits per heavy atom. The number of carbonyl (C=O) groups excluding carboxylic acids is 3. The first-order valence-electron chi connectivity index (χ1n) is 10.3. The molecule has 3 fully saturated rings. The van der Waals surface area contributed by atoms with Gasteiger partial charge in [0.05, 0.1) is 4.87 Å². The maximum absolute atomic E-state index is 12.6. The number of ketones is 3. The van der Waals surface area contributed by atoms with E-state index in [4.69, 9.17) is 11.6 Å². The number of alkyl halides is 1. The second-order valence-corrected chi connectivity index (χ2v) is 10.5. The zero-order valence-electron chi connectivity index (χ0n) is 16.8. The third-order valence-electron chi connectivity index (χ3n) is 9.33. The zero-order chi connectivity index (χ0) is 20.7. The maximum Gasteiger partial charge on any atom is 0.221 e. The highest BCUT2D eigenvalue weighted by atomic mass is 35.5. The third-order valence-corrected chi connectivity index (χ3v) is 10.2. The number of allylic oxidation sites excluding steroid dienone is 1. The smallest absolute Gasteiger partial charge is 0.221 e. The number of hydrogen-bond donors (Lipinski definition) is 2. The molecule has 0 bridgehead atoms. The topological polar surface area (TPSA) is 91.7 Å². The lowest BCUT2D eigenvalue weighted by molar-refractivity contribution is -0.164. The molecule has 7 atom stereocenters. The van der Waals surface area contributed by atoms with E-state index in [0.29, 0.717) is 32.1 Å². The molecule has 4 aliphatic carbocycles. The van der Waals surface area contributed by atoms with Gasteiger partial charge in [0, 0.05) is 16.7 Å². The summed E-state index contributed by atoms with van der Waals surface area (Å²) in [5.74, 6) is -1.71. The average Bonchev–Trinajstić information content (AvgIpc) is 2.94. The summed E-state index contributed by atoms with van der Waals surface area (Å²) < 4.78 is 0. The van der Waals surface area contributed by atoms with Crippen molar-refractivity contribution in [2.45, 2.75) is 69.8 Å². The summed E-state index contributed by atoms with van der Waals surface area (Å²) in [4.78, 5) is 36.4. The van der Waals surface area contributed by atoms with Gasteiger partial charge >= 0.3 is 0 Å². The first-order chi connectivity index (χ1) is 13.0. The molecule has 0 aromatic heterocycles. The summed E-state index contributed by atoms with van der Waals surface area (Å²) in [6.07, 6.45) is 5.12. The van der Waals surface area contributed by atoms with E-state index in [-0.39, 0.29) is 17.6 Å². The van der Waals surface area contributed by atoms with Crippen LogP contribution < -0.4 is 0 Å². The van der Waals surface area contributed by atoms with E-state index < -0.39 is 45.4 Å². The van der Waals surface area contributed by atoms with Gasteiger partial charge in [0.25, 0.3) is 0 Å². The van der Waals surface area contributed by atoms with Crippen molar-refractivity contribution in [1.29, 1.82) is 0 Å². The summed E-state index contributed by atoms with van der Waals surface area (Å²) in [7, 11) is 0.